The molecule has 5 rings (SSSR count). The Labute approximate surface area is 228 Å². The predicted octanol–water partition coefficient (Wildman–Crippen LogP) is 4.77. The fourth-order valence-electron chi connectivity index (χ4n) is 6.01. The van der Waals surface area contributed by atoms with Crippen LogP contribution in [0.1, 0.15) is 44.9 Å². The molecule has 2 saturated heterocycles. The summed E-state index contributed by atoms with van der Waals surface area (Å²) in [6.45, 7) is 1.22. The van der Waals surface area contributed by atoms with Crippen LogP contribution in [0.3, 0.4) is 0 Å². The average molecular weight is 538 g/mol. The Morgan fingerprint density at radius 2 is 1.67 bits per heavy atom. The molecule has 0 radical (unpaired) electrons. The number of nitrogens with zero attached hydrogens (tertiary/aromatic N) is 3. The van der Waals surface area contributed by atoms with Crippen LogP contribution in [0.15, 0.2) is 54.6 Å². The normalized spacial score (nSPS) is 21.2. The van der Waals surface area contributed by atoms with Crippen molar-refractivity contribution < 1.29 is 28.2 Å². The Kier molecular flexibility index (Phi) is 7.62. The molecule has 0 bridgehead atoms. The van der Waals surface area contributed by atoms with Crippen molar-refractivity contribution in [1.82, 2.24) is 4.90 Å². The molecule has 2 aromatic carbocycles. The van der Waals surface area contributed by atoms with Gasteiger partial charge in [0, 0.05) is 50.6 Å². The van der Waals surface area contributed by atoms with Gasteiger partial charge in [-0.15, -0.1) is 0 Å². The molecule has 8 nitrogen and oxygen atoms in total. The topological polar surface area (TPSA) is 79.4 Å². The predicted molar refractivity (Wildman–Crippen MR) is 145 cm³/mol. The number of halogens is 1. The summed E-state index contributed by atoms with van der Waals surface area (Å²) in [6.07, 6.45) is 4.20. The largest absolute Gasteiger partial charge is 0.469 e. The quantitative estimate of drug-likeness (QED) is 0.496. The number of hydrogen-bond donors (Lipinski definition) is 0. The molecule has 2 aliphatic heterocycles. The number of ether oxygens (including phenoxy) is 2. The first kappa shape index (κ1) is 27.1. The van der Waals surface area contributed by atoms with E-state index >= 15 is 0 Å². The molecule has 9 heteroatoms. The van der Waals surface area contributed by atoms with Crippen molar-refractivity contribution in [3.63, 3.8) is 0 Å². The number of amides is 3. The summed E-state index contributed by atoms with van der Waals surface area (Å²) >= 11 is 0. The molecule has 2 heterocycles. The van der Waals surface area contributed by atoms with Crippen molar-refractivity contribution in [1.29, 1.82) is 0 Å². The summed E-state index contributed by atoms with van der Waals surface area (Å²) in [6, 6.07) is 15.1. The summed E-state index contributed by atoms with van der Waals surface area (Å²) in [7, 11) is 2.98. The zero-order valence-electron chi connectivity index (χ0n) is 22.6. The number of rotatable bonds is 6. The van der Waals surface area contributed by atoms with Gasteiger partial charge in [-0.2, -0.15) is 0 Å². The Morgan fingerprint density at radius 3 is 2.28 bits per heavy atom. The van der Waals surface area contributed by atoms with Gasteiger partial charge in [0.15, 0.2) is 0 Å². The van der Waals surface area contributed by atoms with Crippen LogP contribution in [0.5, 0.6) is 0 Å². The van der Waals surface area contributed by atoms with Gasteiger partial charge in [-0.05, 0) is 74.9 Å². The molecule has 1 unspecified atom stereocenters. The molecular formula is C30H36FN3O5. The number of carbonyl (C=O) groups is 3. The van der Waals surface area contributed by atoms with E-state index in [0.29, 0.717) is 38.2 Å². The Bertz CT molecular complexity index is 1190. The maximum Gasteiger partial charge on any atom is 0.324 e. The maximum absolute atomic E-state index is 14.1. The second kappa shape index (κ2) is 11.0. The number of methoxy groups -OCH3 is 1. The number of anilines is 2. The molecule has 0 N–H and O–H groups in total. The van der Waals surface area contributed by atoms with Crippen LogP contribution < -0.4 is 9.80 Å². The van der Waals surface area contributed by atoms with E-state index in [1.807, 2.05) is 35.2 Å². The molecule has 208 valence electrons. The van der Waals surface area contributed by atoms with Gasteiger partial charge in [-0.3, -0.25) is 14.5 Å². The van der Waals surface area contributed by atoms with E-state index in [9.17, 15) is 18.8 Å². The first-order valence-electron chi connectivity index (χ1n) is 13.6. The Morgan fingerprint density at radius 1 is 1.00 bits per heavy atom. The van der Waals surface area contributed by atoms with Crippen LogP contribution in [0.25, 0.3) is 0 Å². The zero-order chi connectivity index (χ0) is 27.6. The van der Waals surface area contributed by atoms with Gasteiger partial charge in [0.05, 0.1) is 18.1 Å². The van der Waals surface area contributed by atoms with Gasteiger partial charge in [0.2, 0.25) is 5.91 Å². The number of para-hydroxylation sites is 1. The summed E-state index contributed by atoms with van der Waals surface area (Å²) in [4.78, 5) is 45.4. The number of esters is 1. The summed E-state index contributed by atoms with van der Waals surface area (Å²) in [5.74, 6) is -0.909. The van der Waals surface area contributed by atoms with E-state index in [-0.39, 0.29) is 35.8 Å². The van der Waals surface area contributed by atoms with Crippen molar-refractivity contribution in [2.45, 2.75) is 56.6 Å². The van der Waals surface area contributed by atoms with Crippen molar-refractivity contribution in [2.75, 3.05) is 43.7 Å². The number of hydrogen-bond acceptors (Lipinski definition) is 5. The van der Waals surface area contributed by atoms with Crippen LogP contribution in [-0.4, -0.2) is 68.3 Å². The Hall–Kier alpha value is -3.46. The molecule has 39 heavy (non-hydrogen) atoms. The summed E-state index contributed by atoms with van der Waals surface area (Å²) in [5.41, 5.74) is 0.258. The van der Waals surface area contributed by atoms with Crippen molar-refractivity contribution in [3.8, 4) is 0 Å². The van der Waals surface area contributed by atoms with Crippen molar-refractivity contribution in [2.24, 2.45) is 5.41 Å². The molecule has 1 saturated carbocycles. The standard InChI is InChI=1S/C30H36FN3O5/c1-32(23-10-8-22(31)9-11-23)28(37)33-17-15-29(16-18-33,27(36)38-2)21-26(35)34(24-6-4-3-5-7-24)25-12-19-39-30(20-25)13-14-30/h3-11,25H,12-21H2,1-2H3. The van der Waals surface area contributed by atoms with Crippen molar-refractivity contribution >= 4 is 29.3 Å². The number of likely N-dealkylation sites (tertiary alicyclic amines) is 1. The van der Waals surface area contributed by atoms with Crippen LogP contribution >= 0.6 is 0 Å². The lowest BCUT2D eigenvalue weighted by Crippen LogP contribution is -2.53. The molecule has 0 aromatic heterocycles. The van der Waals surface area contributed by atoms with E-state index in [1.165, 1.54) is 24.1 Å². The van der Waals surface area contributed by atoms with Gasteiger partial charge in [-0.25, -0.2) is 9.18 Å². The van der Waals surface area contributed by atoms with Crippen LogP contribution in [0.4, 0.5) is 20.6 Å². The molecule has 1 atom stereocenters. The molecule has 3 amide bonds. The van der Waals surface area contributed by atoms with E-state index < -0.39 is 11.4 Å². The van der Waals surface area contributed by atoms with Gasteiger partial charge < -0.3 is 19.3 Å². The minimum absolute atomic E-state index is 0.00290. The lowest BCUT2D eigenvalue weighted by Gasteiger charge is -2.43. The highest BCUT2D eigenvalue weighted by molar-refractivity contribution is 5.97. The highest BCUT2D eigenvalue weighted by atomic mass is 19.1. The summed E-state index contributed by atoms with van der Waals surface area (Å²) in [5, 5.41) is 0. The number of piperidine rings is 1. The molecule has 3 aliphatic rings. The maximum atomic E-state index is 14.1. The van der Waals surface area contributed by atoms with E-state index in [2.05, 4.69) is 0 Å². The lowest BCUT2D eigenvalue weighted by atomic mass is 9.75. The van der Waals surface area contributed by atoms with Gasteiger partial charge in [0.1, 0.15) is 5.82 Å². The molecule has 3 fully saturated rings. The van der Waals surface area contributed by atoms with E-state index in [0.717, 1.165) is 31.4 Å². The third kappa shape index (κ3) is 5.64. The molecule has 1 spiro atoms. The zero-order valence-corrected chi connectivity index (χ0v) is 22.6. The Balaban J connectivity index is 1.32. The number of urea groups is 1. The van der Waals surface area contributed by atoms with Crippen LogP contribution in [0.2, 0.25) is 0 Å². The number of carbonyl (C=O) groups excluding carboxylic acids is 3. The fraction of sp³-hybridized carbons (Fsp3) is 0.500. The second-order valence-corrected chi connectivity index (χ2v) is 11.0. The minimum Gasteiger partial charge on any atom is -0.469 e. The molecule has 1 aliphatic carbocycles. The third-order valence-corrected chi connectivity index (χ3v) is 8.54. The smallest absolute Gasteiger partial charge is 0.324 e. The highest BCUT2D eigenvalue weighted by Gasteiger charge is 2.51. The molecular weight excluding hydrogens is 501 g/mol. The van der Waals surface area contributed by atoms with Crippen molar-refractivity contribution in [3.05, 3.63) is 60.4 Å². The summed E-state index contributed by atoms with van der Waals surface area (Å²) < 4.78 is 24.6. The fourth-order valence-corrected chi connectivity index (χ4v) is 6.01. The highest BCUT2D eigenvalue weighted by Crippen LogP contribution is 2.48. The first-order valence-corrected chi connectivity index (χ1v) is 13.6. The molecule has 2 aromatic rings. The van der Waals surface area contributed by atoms with E-state index in [4.69, 9.17) is 9.47 Å². The van der Waals surface area contributed by atoms with Gasteiger partial charge in [0.25, 0.3) is 0 Å². The third-order valence-electron chi connectivity index (χ3n) is 8.54. The van der Waals surface area contributed by atoms with Crippen LogP contribution in [0, 0.1) is 11.2 Å². The van der Waals surface area contributed by atoms with Crippen LogP contribution in [-0.2, 0) is 19.1 Å². The second-order valence-electron chi connectivity index (χ2n) is 11.0. The number of benzene rings is 2. The van der Waals surface area contributed by atoms with Gasteiger partial charge in [-0.1, -0.05) is 18.2 Å². The van der Waals surface area contributed by atoms with Gasteiger partial charge >= 0.3 is 12.0 Å². The monoisotopic (exact) mass is 537 g/mol. The SMILES string of the molecule is COC(=O)C1(CC(=O)N(c2ccccc2)C2CCOC3(CC3)C2)CCN(C(=O)N(C)c2ccc(F)cc2)CC1. The van der Waals surface area contributed by atoms with E-state index in [1.54, 1.807) is 24.1 Å². The first-order chi connectivity index (χ1) is 18.8. The minimum atomic E-state index is -1.02. The average Bonchev–Trinajstić information content (AvgIpc) is 3.71. The lowest BCUT2D eigenvalue weighted by molar-refractivity contribution is -0.158.